The van der Waals surface area contributed by atoms with Crippen molar-refractivity contribution in [1.82, 2.24) is 9.13 Å². The Morgan fingerprint density at radius 2 is 1.31 bits per heavy atom. The van der Waals surface area contributed by atoms with E-state index in [0.717, 1.165) is 16.3 Å². The van der Waals surface area contributed by atoms with Crippen LogP contribution in [0, 0.1) is 0 Å². The van der Waals surface area contributed by atoms with Gasteiger partial charge < -0.3 is 23.9 Å². The Hall–Kier alpha value is -4.11. The van der Waals surface area contributed by atoms with Gasteiger partial charge in [-0.25, -0.2) is 0 Å². The minimum Gasteiger partial charge on any atom is -0.495 e. The van der Waals surface area contributed by atoms with E-state index in [-0.39, 0.29) is 37.4 Å². The van der Waals surface area contributed by atoms with Crippen molar-refractivity contribution in [2.45, 2.75) is 20.0 Å². The first-order chi connectivity index (χ1) is 16.9. The summed E-state index contributed by atoms with van der Waals surface area (Å²) < 4.78 is 18.3. The van der Waals surface area contributed by atoms with Gasteiger partial charge in [0.1, 0.15) is 18.0 Å². The number of hydrogen-bond donors (Lipinski definition) is 1. The monoisotopic (exact) mass is 480 g/mol. The maximum Gasteiger partial charge on any atom is 0.326 e. The van der Waals surface area contributed by atoms with Gasteiger partial charge in [0.05, 0.1) is 38.5 Å². The summed E-state index contributed by atoms with van der Waals surface area (Å²) >= 11 is 0. The highest BCUT2D eigenvalue weighted by molar-refractivity contribution is 5.86. The van der Waals surface area contributed by atoms with E-state index in [4.69, 9.17) is 19.3 Å². The third kappa shape index (κ3) is 5.70. The molecule has 0 aliphatic rings. The summed E-state index contributed by atoms with van der Waals surface area (Å²) in [6.07, 6.45) is 0. The van der Waals surface area contributed by atoms with Crippen LogP contribution in [-0.4, -0.2) is 47.6 Å². The molecule has 2 aromatic heterocycles. The van der Waals surface area contributed by atoms with Crippen LogP contribution in [0.25, 0.3) is 21.8 Å². The second-order valence-electron chi connectivity index (χ2n) is 7.41. The lowest BCUT2D eigenvalue weighted by Crippen LogP contribution is -2.25. The Kier molecular flexibility index (Phi) is 8.63. The molecule has 0 unspecified atom stereocenters. The number of aromatic nitrogens is 2. The van der Waals surface area contributed by atoms with Crippen LogP contribution in [0.1, 0.15) is 6.92 Å². The van der Waals surface area contributed by atoms with Crippen molar-refractivity contribution in [2.24, 2.45) is 0 Å². The normalized spacial score (nSPS) is 10.5. The topological polar surface area (TPSA) is 109 Å². The summed E-state index contributed by atoms with van der Waals surface area (Å²) in [7, 11) is 3.09. The van der Waals surface area contributed by atoms with E-state index in [1.54, 1.807) is 38.3 Å². The molecule has 0 fully saturated rings. The third-order valence-corrected chi connectivity index (χ3v) is 5.30. The van der Waals surface area contributed by atoms with Crippen molar-refractivity contribution in [2.75, 3.05) is 27.4 Å². The van der Waals surface area contributed by atoms with Gasteiger partial charge in [-0.3, -0.25) is 19.0 Å². The highest BCUT2D eigenvalue weighted by atomic mass is 16.5. The van der Waals surface area contributed by atoms with Crippen molar-refractivity contribution in [3.8, 4) is 11.5 Å². The van der Waals surface area contributed by atoms with E-state index < -0.39 is 5.97 Å². The number of hydrogen-bond acceptors (Lipinski definition) is 7. The number of fused-ring (bicyclic) bond motifs is 2. The molecule has 2 aromatic carbocycles. The Morgan fingerprint density at radius 3 is 1.80 bits per heavy atom. The number of benzene rings is 2. The number of para-hydroxylation sites is 2. The smallest absolute Gasteiger partial charge is 0.326 e. The quantitative estimate of drug-likeness (QED) is 0.405. The zero-order chi connectivity index (χ0) is 25.4. The molecular weight excluding hydrogens is 452 g/mol. The highest BCUT2D eigenvalue weighted by Crippen LogP contribution is 2.24. The van der Waals surface area contributed by atoms with E-state index in [1.807, 2.05) is 24.3 Å². The second kappa shape index (κ2) is 11.8. The summed E-state index contributed by atoms with van der Waals surface area (Å²) in [6, 6.07) is 17.4. The molecule has 0 bridgehead atoms. The van der Waals surface area contributed by atoms with E-state index in [9.17, 15) is 14.4 Å². The summed E-state index contributed by atoms with van der Waals surface area (Å²) in [5.41, 5.74) is 0.938. The molecule has 2 heterocycles. The van der Waals surface area contributed by atoms with Crippen LogP contribution in [-0.2, 0) is 22.6 Å². The summed E-state index contributed by atoms with van der Waals surface area (Å²) in [5, 5.41) is 10.7. The van der Waals surface area contributed by atoms with Crippen LogP contribution in [0.4, 0.5) is 0 Å². The molecule has 35 heavy (non-hydrogen) atoms. The number of pyridine rings is 2. The van der Waals surface area contributed by atoms with E-state index >= 15 is 0 Å². The van der Waals surface area contributed by atoms with Crippen LogP contribution >= 0.6 is 0 Å². The first-order valence-electron chi connectivity index (χ1n) is 11.0. The van der Waals surface area contributed by atoms with Crippen LogP contribution in [0.5, 0.6) is 11.5 Å². The first-order valence-corrected chi connectivity index (χ1v) is 11.0. The van der Waals surface area contributed by atoms with Gasteiger partial charge in [-0.1, -0.05) is 24.3 Å². The molecule has 0 aliphatic carbocycles. The molecule has 184 valence electrons. The van der Waals surface area contributed by atoms with Gasteiger partial charge in [-0.2, -0.15) is 0 Å². The zero-order valence-electron chi connectivity index (χ0n) is 19.9. The number of esters is 1. The number of methoxy groups -OCH3 is 2. The SMILES string of the molecule is CCOC(=O)Cn1c(=O)ccc2cccc(OC)c21.COc1cccc2ccc(=O)n(CCO)c12. The Bertz CT molecular complexity index is 1440. The minimum atomic E-state index is -0.442. The van der Waals surface area contributed by atoms with Gasteiger partial charge in [0.25, 0.3) is 11.1 Å². The standard InChI is InChI=1S/C14H15NO4.C12H13NO3/c1-3-19-13(17)9-15-12(16)8-7-10-5-4-6-11(18-2)14(10)15;1-16-10-4-2-3-9-5-6-11(15)13(7-8-14)12(9)10/h4-8H,3,9H2,1-2H3;2-6,14H,7-8H2,1H3. The van der Waals surface area contributed by atoms with Crippen LogP contribution in [0.3, 0.4) is 0 Å². The van der Waals surface area contributed by atoms with Crippen molar-refractivity contribution in [1.29, 1.82) is 0 Å². The lowest BCUT2D eigenvalue weighted by Gasteiger charge is -2.12. The fraction of sp³-hybridized carbons (Fsp3) is 0.269. The van der Waals surface area contributed by atoms with Gasteiger partial charge in [0, 0.05) is 29.4 Å². The van der Waals surface area contributed by atoms with Crippen LogP contribution in [0.15, 0.2) is 70.3 Å². The summed E-state index contributed by atoms with van der Waals surface area (Å²) in [5.74, 6) is 0.756. The zero-order valence-corrected chi connectivity index (χ0v) is 19.9. The maximum atomic E-state index is 11.9. The van der Waals surface area contributed by atoms with Gasteiger partial charge in [-0.05, 0) is 31.2 Å². The molecule has 0 saturated heterocycles. The molecule has 1 N–H and O–H groups in total. The molecule has 9 nitrogen and oxygen atoms in total. The number of rotatable bonds is 7. The largest absolute Gasteiger partial charge is 0.495 e. The average Bonchev–Trinajstić information content (AvgIpc) is 2.87. The molecule has 4 rings (SSSR count). The average molecular weight is 481 g/mol. The van der Waals surface area contributed by atoms with Crippen LogP contribution < -0.4 is 20.6 Å². The first kappa shape index (κ1) is 25.5. The molecule has 0 spiro atoms. The van der Waals surface area contributed by atoms with E-state index in [1.165, 1.54) is 28.4 Å². The minimum absolute atomic E-state index is 0.0724. The number of ether oxygens (including phenoxy) is 3. The number of carbonyl (C=O) groups excluding carboxylic acids is 1. The third-order valence-electron chi connectivity index (χ3n) is 5.30. The molecule has 4 aromatic rings. The van der Waals surface area contributed by atoms with Gasteiger partial charge in [0.15, 0.2) is 0 Å². The number of aliphatic hydroxyl groups excluding tert-OH is 1. The van der Waals surface area contributed by atoms with Crippen molar-refractivity contribution >= 4 is 27.8 Å². The lowest BCUT2D eigenvalue weighted by atomic mass is 10.2. The molecule has 0 atom stereocenters. The second-order valence-corrected chi connectivity index (χ2v) is 7.41. The highest BCUT2D eigenvalue weighted by Gasteiger charge is 2.12. The van der Waals surface area contributed by atoms with Gasteiger partial charge >= 0.3 is 5.97 Å². The molecular formula is C26H28N2O7. The molecule has 0 saturated carbocycles. The number of carbonyl (C=O) groups is 1. The molecule has 0 radical (unpaired) electrons. The number of nitrogens with zero attached hydrogens (tertiary/aromatic N) is 2. The van der Waals surface area contributed by atoms with Crippen molar-refractivity contribution in [3.05, 3.63) is 81.4 Å². The number of aliphatic hydroxyl groups is 1. The Morgan fingerprint density at radius 1 is 0.800 bits per heavy atom. The van der Waals surface area contributed by atoms with Crippen molar-refractivity contribution < 1.29 is 24.1 Å². The van der Waals surface area contributed by atoms with Crippen molar-refractivity contribution in [3.63, 3.8) is 0 Å². The summed E-state index contributed by atoms with van der Waals surface area (Å²) in [4.78, 5) is 35.2. The molecule has 9 heteroatoms. The predicted molar refractivity (Wildman–Crippen MR) is 133 cm³/mol. The fourth-order valence-electron chi connectivity index (χ4n) is 3.79. The lowest BCUT2D eigenvalue weighted by molar-refractivity contribution is -0.143. The Balaban J connectivity index is 0.000000198. The van der Waals surface area contributed by atoms with Gasteiger partial charge in [0.2, 0.25) is 0 Å². The Labute approximate surface area is 201 Å². The molecule has 0 aliphatic heterocycles. The molecule has 0 amide bonds. The maximum absolute atomic E-state index is 11.9. The summed E-state index contributed by atoms with van der Waals surface area (Å²) in [6.45, 7) is 2.10. The van der Waals surface area contributed by atoms with E-state index in [0.29, 0.717) is 17.0 Å². The van der Waals surface area contributed by atoms with Crippen LogP contribution in [0.2, 0.25) is 0 Å². The van der Waals surface area contributed by atoms with E-state index in [2.05, 4.69) is 0 Å². The fourth-order valence-corrected chi connectivity index (χ4v) is 3.79. The van der Waals surface area contributed by atoms with Gasteiger partial charge in [-0.15, -0.1) is 0 Å². The predicted octanol–water partition coefficient (Wildman–Crippen LogP) is 2.58.